The molecule has 23 heavy (non-hydrogen) atoms. The van der Waals surface area contributed by atoms with Crippen molar-refractivity contribution in [1.82, 2.24) is 5.32 Å². The molecule has 1 amide bonds. The Hall–Kier alpha value is -2.39. The van der Waals surface area contributed by atoms with Crippen molar-refractivity contribution in [3.63, 3.8) is 0 Å². The summed E-state index contributed by atoms with van der Waals surface area (Å²) in [4.78, 5) is 13.5. The lowest BCUT2D eigenvalue weighted by Gasteiger charge is -2.20. The molecule has 1 atom stereocenters. The van der Waals surface area contributed by atoms with Gasteiger partial charge in [-0.2, -0.15) is 0 Å². The van der Waals surface area contributed by atoms with Gasteiger partial charge < -0.3 is 5.32 Å². The molecular formula is C20H19NOS. The van der Waals surface area contributed by atoms with Gasteiger partial charge in [-0.3, -0.25) is 4.79 Å². The Labute approximate surface area is 140 Å². The van der Waals surface area contributed by atoms with E-state index >= 15 is 0 Å². The summed E-state index contributed by atoms with van der Waals surface area (Å²) in [6, 6.07) is 22.2. The molecule has 0 bridgehead atoms. The maximum Gasteiger partial charge on any atom is 0.226 e. The van der Waals surface area contributed by atoms with Gasteiger partial charge in [0.25, 0.3) is 0 Å². The first kappa shape index (κ1) is 15.5. The van der Waals surface area contributed by atoms with Crippen molar-refractivity contribution in [2.24, 2.45) is 0 Å². The zero-order chi connectivity index (χ0) is 16.1. The van der Waals surface area contributed by atoms with Crippen LogP contribution in [0.25, 0.3) is 0 Å². The Balaban J connectivity index is 1.85. The van der Waals surface area contributed by atoms with E-state index in [0.717, 1.165) is 16.0 Å². The van der Waals surface area contributed by atoms with E-state index in [1.807, 2.05) is 41.8 Å². The Morgan fingerprint density at radius 3 is 2.48 bits per heavy atom. The fourth-order valence-corrected chi connectivity index (χ4v) is 3.34. The van der Waals surface area contributed by atoms with E-state index in [0.29, 0.717) is 6.42 Å². The van der Waals surface area contributed by atoms with Crippen LogP contribution in [0, 0.1) is 6.92 Å². The van der Waals surface area contributed by atoms with Gasteiger partial charge in [0.05, 0.1) is 12.5 Å². The summed E-state index contributed by atoms with van der Waals surface area (Å²) in [5, 5.41) is 5.18. The number of benzene rings is 2. The van der Waals surface area contributed by atoms with Crippen molar-refractivity contribution >= 4 is 17.2 Å². The Bertz CT molecular complexity index is 765. The summed E-state index contributed by atoms with van der Waals surface area (Å²) in [6.45, 7) is 2.07. The first-order valence-electron chi connectivity index (χ1n) is 7.65. The van der Waals surface area contributed by atoms with Crippen molar-refractivity contribution in [3.8, 4) is 0 Å². The molecule has 3 aromatic rings. The third-order valence-electron chi connectivity index (χ3n) is 3.73. The Kier molecular flexibility index (Phi) is 4.89. The van der Waals surface area contributed by atoms with Gasteiger partial charge in [0.1, 0.15) is 0 Å². The molecule has 0 radical (unpaired) electrons. The Morgan fingerprint density at radius 2 is 1.78 bits per heavy atom. The summed E-state index contributed by atoms with van der Waals surface area (Å²) in [5.41, 5.74) is 3.39. The lowest BCUT2D eigenvalue weighted by molar-refractivity contribution is -0.120. The first-order chi connectivity index (χ1) is 11.2. The quantitative estimate of drug-likeness (QED) is 0.736. The van der Waals surface area contributed by atoms with E-state index in [1.54, 1.807) is 11.3 Å². The van der Waals surface area contributed by atoms with Gasteiger partial charge in [0, 0.05) is 4.88 Å². The second kappa shape index (κ2) is 7.25. The van der Waals surface area contributed by atoms with Crippen LogP contribution in [0.2, 0.25) is 0 Å². The van der Waals surface area contributed by atoms with E-state index in [2.05, 4.69) is 42.6 Å². The summed E-state index contributed by atoms with van der Waals surface area (Å²) < 4.78 is 0. The minimum atomic E-state index is -0.122. The lowest BCUT2D eigenvalue weighted by Crippen LogP contribution is -2.30. The monoisotopic (exact) mass is 321 g/mol. The third kappa shape index (κ3) is 4.08. The second-order valence-electron chi connectivity index (χ2n) is 5.58. The number of nitrogens with one attached hydrogen (secondary N) is 1. The van der Waals surface area contributed by atoms with Crippen LogP contribution in [0.1, 0.15) is 27.6 Å². The van der Waals surface area contributed by atoms with Crippen LogP contribution in [0.3, 0.4) is 0 Å². The maximum absolute atomic E-state index is 12.4. The van der Waals surface area contributed by atoms with E-state index < -0.39 is 0 Å². The van der Waals surface area contributed by atoms with Crippen molar-refractivity contribution in [2.45, 2.75) is 19.4 Å². The molecule has 0 saturated heterocycles. The number of hydrogen-bond donors (Lipinski definition) is 1. The van der Waals surface area contributed by atoms with E-state index in [1.165, 1.54) is 5.56 Å². The largest absolute Gasteiger partial charge is 0.345 e. The predicted octanol–water partition coefficient (Wildman–Crippen LogP) is 4.50. The van der Waals surface area contributed by atoms with Gasteiger partial charge in [0.15, 0.2) is 0 Å². The van der Waals surface area contributed by atoms with E-state index in [9.17, 15) is 4.79 Å². The lowest BCUT2D eigenvalue weighted by atomic mass is 9.97. The number of rotatable bonds is 5. The normalized spacial score (nSPS) is 11.9. The number of amides is 1. The molecule has 3 heteroatoms. The molecule has 1 aromatic heterocycles. The zero-order valence-electron chi connectivity index (χ0n) is 13.0. The van der Waals surface area contributed by atoms with Gasteiger partial charge in [-0.1, -0.05) is 66.2 Å². The van der Waals surface area contributed by atoms with E-state index in [-0.39, 0.29) is 11.9 Å². The molecule has 0 saturated carbocycles. The van der Waals surface area contributed by atoms with Gasteiger partial charge in [-0.15, -0.1) is 11.3 Å². The summed E-state index contributed by atoms with van der Waals surface area (Å²) in [6.07, 6.45) is 0.423. The third-order valence-corrected chi connectivity index (χ3v) is 4.60. The fourth-order valence-electron chi connectivity index (χ4n) is 2.64. The molecule has 0 aliphatic rings. The van der Waals surface area contributed by atoms with Crippen molar-refractivity contribution in [3.05, 3.63) is 93.7 Å². The number of carbonyl (C=O) groups is 1. The van der Waals surface area contributed by atoms with Crippen LogP contribution >= 0.6 is 11.3 Å². The average molecular weight is 321 g/mol. The smallest absolute Gasteiger partial charge is 0.226 e. The van der Waals surface area contributed by atoms with Gasteiger partial charge >= 0.3 is 0 Å². The molecule has 2 nitrogen and oxygen atoms in total. The minimum absolute atomic E-state index is 0.0443. The molecule has 3 rings (SSSR count). The molecule has 2 aromatic carbocycles. The molecule has 0 spiro atoms. The molecule has 1 heterocycles. The molecule has 0 aliphatic carbocycles. The van der Waals surface area contributed by atoms with Crippen molar-refractivity contribution < 1.29 is 4.79 Å². The zero-order valence-corrected chi connectivity index (χ0v) is 13.8. The number of thiophene rings is 1. The predicted molar refractivity (Wildman–Crippen MR) is 95.6 cm³/mol. The van der Waals surface area contributed by atoms with E-state index in [4.69, 9.17) is 0 Å². The Morgan fingerprint density at radius 1 is 1.00 bits per heavy atom. The van der Waals surface area contributed by atoms with Crippen molar-refractivity contribution in [1.29, 1.82) is 0 Å². The standard InChI is InChI=1S/C20H19NOS/c1-15-7-5-10-17(13-15)20(16-8-3-2-4-9-16)21-19(22)14-18-11-6-12-23-18/h2-13,20H,14H2,1H3,(H,21,22). The molecule has 116 valence electrons. The number of carbonyl (C=O) groups excluding carboxylic acids is 1. The highest BCUT2D eigenvalue weighted by molar-refractivity contribution is 7.10. The maximum atomic E-state index is 12.4. The number of aryl methyl sites for hydroxylation is 1. The highest BCUT2D eigenvalue weighted by atomic mass is 32.1. The summed E-state index contributed by atoms with van der Waals surface area (Å²) >= 11 is 1.61. The van der Waals surface area contributed by atoms with Crippen LogP contribution < -0.4 is 5.32 Å². The first-order valence-corrected chi connectivity index (χ1v) is 8.53. The van der Waals surface area contributed by atoms with Crippen LogP contribution in [0.15, 0.2) is 72.1 Å². The minimum Gasteiger partial charge on any atom is -0.345 e. The molecule has 1 N–H and O–H groups in total. The molecule has 0 aliphatic heterocycles. The van der Waals surface area contributed by atoms with Crippen LogP contribution in [-0.2, 0) is 11.2 Å². The summed E-state index contributed by atoms with van der Waals surface area (Å²) in [5.74, 6) is 0.0443. The molecule has 0 fully saturated rings. The highest BCUT2D eigenvalue weighted by Gasteiger charge is 2.17. The fraction of sp³-hybridized carbons (Fsp3) is 0.150. The van der Waals surface area contributed by atoms with Crippen LogP contribution in [0.5, 0.6) is 0 Å². The molecular weight excluding hydrogens is 302 g/mol. The van der Waals surface area contributed by atoms with Crippen LogP contribution in [-0.4, -0.2) is 5.91 Å². The van der Waals surface area contributed by atoms with Gasteiger partial charge in [-0.05, 0) is 29.5 Å². The highest BCUT2D eigenvalue weighted by Crippen LogP contribution is 2.23. The van der Waals surface area contributed by atoms with Crippen molar-refractivity contribution in [2.75, 3.05) is 0 Å². The number of hydrogen-bond acceptors (Lipinski definition) is 2. The van der Waals surface area contributed by atoms with Gasteiger partial charge in [0.2, 0.25) is 5.91 Å². The second-order valence-corrected chi connectivity index (χ2v) is 6.61. The van der Waals surface area contributed by atoms with Crippen LogP contribution in [0.4, 0.5) is 0 Å². The average Bonchev–Trinajstić information content (AvgIpc) is 3.06. The SMILES string of the molecule is Cc1cccc(C(NC(=O)Cc2cccs2)c2ccccc2)c1. The van der Waals surface area contributed by atoms with Gasteiger partial charge in [-0.25, -0.2) is 0 Å². The summed E-state index contributed by atoms with van der Waals surface area (Å²) in [7, 11) is 0. The topological polar surface area (TPSA) is 29.1 Å². The molecule has 1 unspecified atom stereocenters.